The molecule has 0 aromatic rings. The molecule has 0 spiro atoms. The summed E-state index contributed by atoms with van der Waals surface area (Å²) >= 11 is 0. The van der Waals surface area contributed by atoms with Gasteiger partial charge in [0.1, 0.15) is 6.04 Å². The summed E-state index contributed by atoms with van der Waals surface area (Å²) in [5.41, 5.74) is 0. The number of likely N-dealkylation sites (tertiary alicyclic amines) is 1. The third-order valence-corrected chi connectivity index (χ3v) is 5.90. The van der Waals surface area contributed by atoms with E-state index in [-0.39, 0.29) is 23.8 Å². The fourth-order valence-corrected chi connectivity index (χ4v) is 4.74. The average Bonchev–Trinajstić information content (AvgIpc) is 3.02. The molecule has 0 aromatic carbocycles. The van der Waals surface area contributed by atoms with E-state index in [1.54, 1.807) is 4.90 Å². The summed E-state index contributed by atoms with van der Waals surface area (Å²) in [6, 6.07) is -0.327. The van der Waals surface area contributed by atoms with Gasteiger partial charge in [0.2, 0.25) is 5.91 Å². The van der Waals surface area contributed by atoms with E-state index in [9.17, 15) is 9.59 Å². The number of ether oxygens (including phenoxy) is 1. The van der Waals surface area contributed by atoms with Crippen LogP contribution in [0.4, 0.5) is 0 Å². The number of hydrogen-bond acceptors (Lipinski definition) is 3. The SMILES string of the molecule is COC(=O)C1CCCN1C(=O)C1CCC2CCCCC2C1. The van der Waals surface area contributed by atoms with Gasteiger partial charge < -0.3 is 9.64 Å². The maximum Gasteiger partial charge on any atom is 0.328 e. The fourth-order valence-electron chi connectivity index (χ4n) is 4.74. The van der Waals surface area contributed by atoms with Crippen molar-refractivity contribution >= 4 is 11.9 Å². The van der Waals surface area contributed by atoms with Crippen LogP contribution >= 0.6 is 0 Å². The van der Waals surface area contributed by atoms with Crippen molar-refractivity contribution < 1.29 is 14.3 Å². The summed E-state index contributed by atoms with van der Waals surface area (Å²) < 4.78 is 4.85. The lowest BCUT2D eigenvalue weighted by molar-refractivity contribution is -0.153. The zero-order chi connectivity index (χ0) is 14.8. The molecule has 1 saturated heterocycles. The predicted octanol–water partition coefficient (Wildman–Crippen LogP) is 2.76. The average molecular weight is 293 g/mol. The Morgan fingerprint density at radius 3 is 2.48 bits per heavy atom. The van der Waals surface area contributed by atoms with Gasteiger partial charge in [-0.2, -0.15) is 0 Å². The van der Waals surface area contributed by atoms with E-state index >= 15 is 0 Å². The molecule has 2 aliphatic carbocycles. The maximum absolute atomic E-state index is 12.8. The third-order valence-electron chi connectivity index (χ3n) is 5.90. The topological polar surface area (TPSA) is 46.6 Å². The first-order chi connectivity index (χ1) is 10.2. The first kappa shape index (κ1) is 14.9. The number of rotatable bonds is 2. The Morgan fingerprint density at radius 2 is 1.71 bits per heavy atom. The summed E-state index contributed by atoms with van der Waals surface area (Å²) in [7, 11) is 1.41. The molecule has 0 N–H and O–H groups in total. The van der Waals surface area contributed by atoms with Gasteiger partial charge in [0.15, 0.2) is 0 Å². The van der Waals surface area contributed by atoms with Crippen LogP contribution in [0.25, 0.3) is 0 Å². The smallest absolute Gasteiger partial charge is 0.328 e. The van der Waals surface area contributed by atoms with Crippen LogP contribution in [0.15, 0.2) is 0 Å². The van der Waals surface area contributed by atoms with Gasteiger partial charge in [-0.25, -0.2) is 4.79 Å². The predicted molar refractivity (Wildman–Crippen MR) is 79.5 cm³/mol. The van der Waals surface area contributed by atoms with E-state index in [0.717, 1.165) is 44.1 Å². The lowest BCUT2D eigenvalue weighted by Crippen LogP contribution is -2.45. The minimum atomic E-state index is -0.327. The Balaban J connectivity index is 1.63. The van der Waals surface area contributed by atoms with E-state index in [4.69, 9.17) is 4.74 Å². The second-order valence-corrected chi connectivity index (χ2v) is 7.03. The largest absolute Gasteiger partial charge is 0.467 e. The quantitative estimate of drug-likeness (QED) is 0.735. The van der Waals surface area contributed by atoms with E-state index in [0.29, 0.717) is 0 Å². The Kier molecular flexibility index (Phi) is 4.51. The lowest BCUT2D eigenvalue weighted by atomic mass is 9.67. The van der Waals surface area contributed by atoms with Crippen LogP contribution in [0.3, 0.4) is 0 Å². The first-order valence-corrected chi connectivity index (χ1v) is 8.59. The van der Waals surface area contributed by atoms with Crippen molar-refractivity contribution in [3.8, 4) is 0 Å². The van der Waals surface area contributed by atoms with E-state index < -0.39 is 0 Å². The number of fused-ring (bicyclic) bond motifs is 1. The molecule has 1 amide bonds. The lowest BCUT2D eigenvalue weighted by Gasteiger charge is -2.40. The molecule has 4 atom stereocenters. The van der Waals surface area contributed by atoms with Crippen LogP contribution in [0.1, 0.15) is 57.8 Å². The van der Waals surface area contributed by atoms with Gasteiger partial charge >= 0.3 is 5.97 Å². The minimum Gasteiger partial charge on any atom is -0.467 e. The molecule has 2 saturated carbocycles. The van der Waals surface area contributed by atoms with E-state index in [1.165, 1.54) is 39.2 Å². The number of carbonyl (C=O) groups is 2. The second-order valence-electron chi connectivity index (χ2n) is 7.03. The van der Waals surface area contributed by atoms with Gasteiger partial charge in [0.25, 0.3) is 0 Å². The number of nitrogens with zero attached hydrogens (tertiary/aromatic N) is 1. The highest BCUT2D eigenvalue weighted by molar-refractivity contribution is 5.86. The molecule has 0 bridgehead atoms. The Bertz CT molecular complexity index is 409. The van der Waals surface area contributed by atoms with Crippen molar-refractivity contribution in [3.63, 3.8) is 0 Å². The Morgan fingerprint density at radius 1 is 0.952 bits per heavy atom. The molecular weight excluding hydrogens is 266 g/mol. The zero-order valence-electron chi connectivity index (χ0n) is 13.1. The summed E-state index contributed by atoms with van der Waals surface area (Å²) in [5, 5.41) is 0. The van der Waals surface area contributed by atoms with Gasteiger partial charge in [0, 0.05) is 12.5 Å². The van der Waals surface area contributed by atoms with Crippen LogP contribution in [0, 0.1) is 17.8 Å². The number of amides is 1. The van der Waals surface area contributed by atoms with Gasteiger partial charge in [-0.15, -0.1) is 0 Å². The van der Waals surface area contributed by atoms with Gasteiger partial charge in [-0.3, -0.25) is 4.79 Å². The monoisotopic (exact) mass is 293 g/mol. The highest BCUT2D eigenvalue weighted by atomic mass is 16.5. The highest BCUT2D eigenvalue weighted by Crippen LogP contribution is 2.43. The van der Waals surface area contributed by atoms with Crippen molar-refractivity contribution in [1.82, 2.24) is 4.90 Å². The maximum atomic E-state index is 12.8. The molecule has 3 fully saturated rings. The highest BCUT2D eigenvalue weighted by Gasteiger charge is 2.41. The number of hydrogen-bond donors (Lipinski definition) is 0. The fraction of sp³-hybridized carbons (Fsp3) is 0.882. The molecule has 0 aromatic heterocycles. The number of methoxy groups -OCH3 is 1. The van der Waals surface area contributed by atoms with Gasteiger partial charge in [-0.05, 0) is 43.9 Å². The standard InChI is InChI=1S/C17H27NO3/c1-21-17(20)15-7-4-10-18(15)16(19)14-9-8-12-5-2-3-6-13(12)11-14/h12-15H,2-11H2,1H3. The first-order valence-electron chi connectivity index (χ1n) is 8.59. The minimum absolute atomic E-state index is 0.148. The second kappa shape index (κ2) is 6.37. The van der Waals surface area contributed by atoms with Crippen LogP contribution < -0.4 is 0 Å². The molecule has 4 heteroatoms. The van der Waals surface area contributed by atoms with Crippen molar-refractivity contribution in [1.29, 1.82) is 0 Å². The molecule has 4 nitrogen and oxygen atoms in total. The van der Waals surface area contributed by atoms with Crippen molar-refractivity contribution in [2.45, 2.75) is 63.8 Å². The third kappa shape index (κ3) is 2.95. The molecular formula is C17H27NO3. The van der Waals surface area contributed by atoms with Gasteiger partial charge in [-0.1, -0.05) is 25.7 Å². The molecule has 21 heavy (non-hydrogen) atoms. The molecule has 4 unspecified atom stereocenters. The summed E-state index contributed by atoms with van der Waals surface area (Å²) in [4.78, 5) is 26.5. The zero-order valence-corrected chi connectivity index (χ0v) is 13.1. The Labute approximate surface area is 127 Å². The van der Waals surface area contributed by atoms with E-state index in [2.05, 4.69) is 0 Å². The summed E-state index contributed by atoms with van der Waals surface area (Å²) in [6.07, 6.45) is 10.3. The van der Waals surface area contributed by atoms with Crippen LogP contribution in [-0.2, 0) is 14.3 Å². The Hall–Kier alpha value is -1.06. The number of esters is 1. The van der Waals surface area contributed by atoms with Crippen LogP contribution in [-0.4, -0.2) is 36.5 Å². The number of carbonyl (C=O) groups excluding carboxylic acids is 2. The molecule has 3 rings (SSSR count). The molecule has 0 radical (unpaired) electrons. The molecule has 3 aliphatic rings. The van der Waals surface area contributed by atoms with E-state index in [1.807, 2.05) is 0 Å². The normalized spacial score (nSPS) is 36.1. The summed E-state index contributed by atoms with van der Waals surface area (Å²) in [6.45, 7) is 0.725. The van der Waals surface area contributed by atoms with Gasteiger partial charge in [0.05, 0.1) is 7.11 Å². The summed E-state index contributed by atoms with van der Waals surface area (Å²) in [5.74, 6) is 1.73. The molecule has 1 aliphatic heterocycles. The van der Waals surface area contributed by atoms with Crippen LogP contribution in [0.5, 0.6) is 0 Å². The van der Waals surface area contributed by atoms with Crippen molar-refractivity contribution in [3.05, 3.63) is 0 Å². The molecule has 118 valence electrons. The molecule has 1 heterocycles. The van der Waals surface area contributed by atoms with Crippen molar-refractivity contribution in [2.24, 2.45) is 17.8 Å². The van der Waals surface area contributed by atoms with Crippen molar-refractivity contribution in [2.75, 3.05) is 13.7 Å². The van der Waals surface area contributed by atoms with Crippen LogP contribution in [0.2, 0.25) is 0 Å².